The number of benzene rings is 1. The summed E-state index contributed by atoms with van der Waals surface area (Å²) in [5, 5.41) is 3.59. The molecule has 0 radical (unpaired) electrons. The molecule has 1 aliphatic heterocycles. The van der Waals surface area contributed by atoms with Crippen molar-refractivity contribution in [2.45, 2.75) is 32.4 Å². The van der Waals surface area contributed by atoms with Gasteiger partial charge in [0.2, 0.25) is 0 Å². The summed E-state index contributed by atoms with van der Waals surface area (Å²) < 4.78 is 5.82. The molecule has 2 aromatic rings. The Balaban J connectivity index is 1.98. The Labute approximate surface area is 120 Å². The van der Waals surface area contributed by atoms with Crippen LogP contribution in [-0.4, -0.2) is 17.6 Å². The van der Waals surface area contributed by atoms with Gasteiger partial charge in [-0.2, -0.15) is 0 Å². The molecule has 1 N–H and O–H groups in total. The molecule has 1 aliphatic rings. The average molecular weight is 268 g/mol. The summed E-state index contributed by atoms with van der Waals surface area (Å²) >= 11 is 0. The zero-order valence-corrected chi connectivity index (χ0v) is 12.0. The van der Waals surface area contributed by atoms with Crippen LogP contribution in [-0.2, 0) is 6.42 Å². The molecular weight excluding hydrogens is 248 g/mol. The molecule has 0 amide bonds. The number of nitrogens with zero attached hydrogens (tertiary/aromatic N) is 1. The van der Waals surface area contributed by atoms with Crippen molar-refractivity contribution in [1.29, 1.82) is 0 Å². The summed E-state index contributed by atoms with van der Waals surface area (Å²) in [7, 11) is 0. The highest BCUT2D eigenvalue weighted by molar-refractivity contribution is 5.43. The smallest absolute Gasteiger partial charge is 0.120 e. The normalized spacial score (nSPS) is 17.9. The standard InChI is InChI=1S/C17H20N2O/c1-12(2)20-15-4-3-13-7-10-19-17(16(13)11-15)14-5-8-18-9-6-14/h3-6,8-9,11-12,17,19H,7,10H2,1-2H3. The molecule has 0 saturated carbocycles. The highest BCUT2D eigenvalue weighted by atomic mass is 16.5. The third kappa shape index (κ3) is 2.68. The Morgan fingerprint density at radius 3 is 2.75 bits per heavy atom. The van der Waals surface area contributed by atoms with Gasteiger partial charge in [-0.15, -0.1) is 0 Å². The maximum atomic E-state index is 5.82. The van der Waals surface area contributed by atoms with E-state index in [2.05, 4.69) is 54.5 Å². The maximum Gasteiger partial charge on any atom is 0.120 e. The van der Waals surface area contributed by atoms with Crippen molar-refractivity contribution in [3.8, 4) is 5.75 Å². The molecular formula is C17H20N2O. The Kier molecular flexibility index (Phi) is 3.70. The van der Waals surface area contributed by atoms with Gasteiger partial charge in [-0.05, 0) is 61.2 Å². The van der Waals surface area contributed by atoms with E-state index in [4.69, 9.17) is 4.74 Å². The van der Waals surface area contributed by atoms with E-state index in [1.54, 1.807) is 0 Å². The predicted octanol–water partition coefficient (Wildman–Crippen LogP) is 3.10. The molecule has 2 heterocycles. The van der Waals surface area contributed by atoms with Crippen LogP contribution in [0.1, 0.15) is 36.6 Å². The fraction of sp³-hybridized carbons (Fsp3) is 0.353. The van der Waals surface area contributed by atoms with Crippen LogP contribution < -0.4 is 10.1 Å². The quantitative estimate of drug-likeness (QED) is 0.928. The molecule has 0 saturated heterocycles. The van der Waals surface area contributed by atoms with Crippen molar-refractivity contribution < 1.29 is 4.74 Å². The monoisotopic (exact) mass is 268 g/mol. The zero-order chi connectivity index (χ0) is 13.9. The highest BCUT2D eigenvalue weighted by Crippen LogP contribution is 2.31. The molecule has 3 nitrogen and oxygen atoms in total. The number of aromatic nitrogens is 1. The zero-order valence-electron chi connectivity index (χ0n) is 12.0. The molecule has 3 rings (SSSR count). The molecule has 1 aromatic heterocycles. The minimum atomic E-state index is 0.198. The summed E-state index contributed by atoms with van der Waals surface area (Å²) in [6, 6.07) is 10.8. The Morgan fingerprint density at radius 1 is 1.20 bits per heavy atom. The van der Waals surface area contributed by atoms with Gasteiger partial charge in [0.05, 0.1) is 12.1 Å². The van der Waals surface area contributed by atoms with Crippen LogP contribution in [0.25, 0.3) is 0 Å². The van der Waals surface area contributed by atoms with Crippen LogP contribution in [0.15, 0.2) is 42.7 Å². The highest BCUT2D eigenvalue weighted by Gasteiger charge is 2.21. The second-order valence-corrected chi connectivity index (χ2v) is 5.44. The van der Waals surface area contributed by atoms with Gasteiger partial charge < -0.3 is 10.1 Å². The summed E-state index contributed by atoms with van der Waals surface area (Å²) in [6.45, 7) is 5.11. The van der Waals surface area contributed by atoms with Crippen LogP contribution in [0.3, 0.4) is 0 Å². The van der Waals surface area contributed by atoms with Gasteiger partial charge in [0.1, 0.15) is 5.75 Å². The van der Waals surface area contributed by atoms with Crippen molar-refractivity contribution >= 4 is 0 Å². The first-order valence-electron chi connectivity index (χ1n) is 7.17. The van der Waals surface area contributed by atoms with Crippen molar-refractivity contribution in [2.75, 3.05) is 6.54 Å². The molecule has 0 spiro atoms. The van der Waals surface area contributed by atoms with E-state index in [-0.39, 0.29) is 12.1 Å². The Bertz CT molecular complexity index is 581. The molecule has 0 aliphatic carbocycles. The van der Waals surface area contributed by atoms with E-state index in [9.17, 15) is 0 Å². The number of nitrogens with one attached hydrogen (secondary N) is 1. The van der Waals surface area contributed by atoms with Gasteiger partial charge in [0, 0.05) is 18.9 Å². The lowest BCUT2D eigenvalue weighted by Crippen LogP contribution is -2.30. The van der Waals surface area contributed by atoms with Crippen molar-refractivity contribution in [2.24, 2.45) is 0 Å². The van der Waals surface area contributed by atoms with Crippen molar-refractivity contribution in [3.05, 3.63) is 59.4 Å². The Morgan fingerprint density at radius 2 is 2.00 bits per heavy atom. The van der Waals surface area contributed by atoms with Gasteiger partial charge in [0.25, 0.3) is 0 Å². The third-order valence-corrected chi connectivity index (χ3v) is 3.58. The summed E-state index contributed by atoms with van der Waals surface area (Å²) in [5.41, 5.74) is 3.98. The molecule has 20 heavy (non-hydrogen) atoms. The number of pyridine rings is 1. The minimum Gasteiger partial charge on any atom is -0.491 e. The molecule has 0 fully saturated rings. The van der Waals surface area contributed by atoms with E-state index < -0.39 is 0 Å². The fourth-order valence-corrected chi connectivity index (χ4v) is 2.73. The summed E-state index contributed by atoms with van der Waals surface area (Å²) in [5.74, 6) is 0.946. The van der Waals surface area contributed by atoms with Gasteiger partial charge in [-0.25, -0.2) is 0 Å². The second kappa shape index (κ2) is 5.63. The molecule has 3 heteroatoms. The van der Waals surface area contributed by atoms with Crippen molar-refractivity contribution in [1.82, 2.24) is 10.3 Å². The average Bonchev–Trinajstić information content (AvgIpc) is 2.47. The van der Waals surface area contributed by atoms with Gasteiger partial charge in [0.15, 0.2) is 0 Å². The van der Waals surface area contributed by atoms with E-state index in [1.165, 1.54) is 16.7 Å². The van der Waals surface area contributed by atoms with E-state index in [0.29, 0.717) is 0 Å². The molecule has 1 atom stereocenters. The summed E-state index contributed by atoms with van der Waals surface area (Å²) in [4.78, 5) is 4.10. The minimum absolute atomic E-state index is 0.198. The SMILES string of the molecule is CC(C)Oc1ccc2c(c1)C(c1ccncc1)NCC2. The Hall–Kier alpha value is -1.87. The number of fused-ring (bicyclic) bond motifs is 1. The maximum absolute atomic E-state index is 5.82. The van der Waals surface area contributed by atoms with Gasteiger partial charge in [-0.1, -0.05) is 6.07 Å². The summed E-state index contributed by atoms with van der Waals surface area (Å²) in [6.07, 6.45) is 4.96. The van der Waals surface area contributed by atoms with Gasteiger partial charge in [-0.3, -0.25) is 4.98 Å². The van der Waals surface area contributed by atoms with E-state index >= 15 is 0 Å². The largest absolute Gasteiger partial charge is 0.491 e. The molecule has 1 unspecified atom stereocenters. The first-order chi connectivity index (χ1) is 9.74. The van der Waals surface area contributed by atoms with Crippen LogP contribution in [0, 0.1) is 0 Å². The lowest BCUT2D eigenvalue weighted by atomic mass is 9.90. The van der Waals surface area contributed by atoms with Crippen LogP contribution in [0.4, 0.5) is 0 Å². The number of hydrogen-bond acceptors (Lipinski definition) is 3. The predicted molar refractivity (Wildman–Crippen MR) is 80.0 cm³/mol. The fourth-order valence-electron chi connectivity index (χ4n) is 2.73. The second-order valence-electron chi connectivity index (χ2n) is 5.44. The van der Waals surface area contributed by atoms with Crippen LogP contribution in [0.5, 0.6) is 5.75 Å². The van der Waals surface area contributed by atoms with Crippen molar-refractivity contribution in [3.63, 3.8) is 0 Å². The lowest BCUT2D eigenvalue weighted by Gasteiger charge is -2.28. The third-order valence-electron chi connectivity index (χ3n) is 3.58. The molecule has 0 bridgehead atoms. The lowest BCUT2D eigenvalue weighted by molar-refractivity contribution is 0.242. The first-order valence-corrected chi connectivity index (χ1v) is 7.17. The molecule has 1 aromatic carbocycles. The van der Waals surface area contributed by atoms with E-state index in [1.807, 2.05) is 12.4 Å². The van der Waals surface area contributed by atoms with E-state index in [0.717, 1.165) is 18.7 Å². The number of ether oxygens (including phenoxy) is 1. The first kappa shape index (κ1) is 13.1. The number of hydrogen-bond donors (Lipinski definition) is 1. The molecule has 104 valence electrons. The van der Waals surface area contributed by atoms with Crippen LogP contribution >= 0.6 is 0 Å². The number of rotatable bonds is 3. The van der Waals surface area contributed by atoms with Crippen LogP contribution in [0.2, 0.25) is 0 Å². The topological polar surface area (TPSA) is 34.1 Å². The van der Waals surface area contributed by atoms with Gasteiger partial charge >= 0.3 is 0 Å².